The second kappa shape index (κ2) is 3.66. The van der Waals surface area contributed by atoms with Gasteiger partial charge in [-0.3, -0.25) is 0 Å². The van der Waals surface area contributed by atoms with Gasteiger partial charge in [0.05, 0.1) is 0 Å². The van der Waals surface area contributed by atoms with E-state index in [0.29, 0.717) is 0 Å². The van der Waals surface area contributed by atoms with Gasteiger partial charge in [-0.2, -0.15) is 0 Å². The summed E-state index contributed by atoms with van der Waals surface area (Å²) in [6.45, 7) is 0. The molecule has 0 heterocycles. The molecule has 0 saturated carbocycles. The molecule has 0 N–H and O–H groups in total. The first kappa shape index (κ1) is 6.48. The van der Waals surface area contributed by atoms with Gasteiger partial charge in [0, 0.05) is 6.42 Å². The van der Waals surface area contributed by atoms with E-state index in [2.05, 4.69) is 0 Å². The summed E-state index contributed by atoms with van der Waals surface area (Å²) in [5.41, 5.74) is 0. The maximum atomic E-state index is 2.00. The summed E-state index contributed by atoms with van der Waals surface area (Å²) >= 11 is 0. The van der Waals surface area contributed by atoms with Crippen molar-refractivity contribution in [1.82, 2.24) is 0 Å². The first-order valence-corrected chi connectivity index (χ1v) is 1.67. The van der Waals surface area contributed by atoms with Gasteiger partial charge in [-0.1, -0.05) is 24.3 Å². The third kappa shape index (κ3) is 1.81. The van der Waals surface area contributed by atoms with Crippen molar-refractivity contribution in [3.8, 4) is 0 Å². The van der Waals surface area contributed by atoms with E-state index in [9.17, 15) is 0 Å². The molecule has 0 fully saturated rings. The normalized spacial score (nSPS) is 14.7. The van der Waals surface area contributed by atoms with Gasteiger partial charge in [0.2, 0.25) is 0 Å². The Hall–Kier alpha value is 0.480. The van der Waals surface area contributed by atoms with Gasteiger partial charge >= 0.3 is 29.6 Å². The minimum absolute atomic E-state index is 0. The Bertz CT molecular complexity index is 62.0. The van der Waals surface area contributed by atoms with Crippen LogP contribution < -0.4 is 0 Å². The Morgan fingerprint density at radius 1 is 0.667 bits per heavy atom. The molecule has 0 aromatic rings. The van der Waals surface area contributed by atoms with Gasteiger partial charge in [-0.15, -0.1) is 0 Å². The van der Waals surface area contributed by atoms with E-state index in [1.54, 1.807) is 0 Å². The molecule has 1 radical (unpaired) electrons. The molecule has 0 saturated heterocycles. The average molecular weight is 89.1 g/mol. The van der Waals surface area contributed by atoms with E-state index in [-0.39, 0.29) is 29.6 Å². The molecule has 0 aliphatic heterocycles. The first-order valence-electron chi connectivity index (χ1n) is 1.67. The molecule has 1 rings (SSSR count). The Kier molecular flexibility index (Phi) is 3.96. The van der Waals surface area contributed by atoms with Crippen molar-refractivity contribution in [2.75, 3.05) is 0 Å². The molecule has 0 nitrogen and oxygen atoms in total. The molecule has 0 bridgehead atoms. The standard InChI is InChI=1S/C5H5.Na.H/c1-2-4-5-3-1;;/h1-5H;;. The molecule has 1 aliphatic rings. The van der Waals surface area contributed by atoms with Gasteiger partial charge in [0.15, 0.2) is 0 Å². The van der Waals surface area contributed by atoms with Crippen molar-refractivity contribution in [1.29, 1.82) is 0 Å². The van der Waals surface area contributed by atoms with Crippen molar-refractivity contribution >= 4 is 29.6 Å². The molecule has 0 amide bonds. The van der Waals surface area contributed by atoms with Crippen LogP contribution in [-0.2, 0) is 0 Å². The molecular formula is C5H6Na. The fourth-order valence-corrected chi connectivity index (χ4v) is 0.321. The second-order valence-electron chi connectivity index (χ2n) is 0.962. The van der Waals surface area contributed by atoms with Crippen molar-refractivity contribution in [3.05, 3.63) is 30.7 Å². The van der Waals surface area contributed by atoms with Crippen LogP contribution in [0.25, 0.3) is 0 Å². The Morgan fingerprint density at radius 3 is 1.33 bits per heavy atom. The molecule has 1 heteroatoms. The third-order valence-electron chi connectivity index (χ3n) is 0.556. The van der Waals surface area contributed by atoms with E-state index in [0.717, 1.165) is 0 Å². The molecule has 0 unspecified atom stereocenters. The zero-order valence-corrected chi connectivity index (χ0v) is 2.89. The number of hydrogen-bond acceptors (Lipinski definition) is 0. The maximum absolute atomic E-state index is 2.00. The molecule has 0 atom stereocenters. The first-order chi connectivity index (χ1) is 2.50. The zero-order chi connectivity index (χ0) is 3.54. The van der Waals surface area contributed by atoms with E-state index < -0.39 is 0 Å². The van der Waals surface area contributed by atoms with Crippen molar-refractivity contribution in [2.24, 2.45) is 0 Å². The molecule has 0 spiro atoms. The fraction of sp³-hybridized carbons (Fsp3) is 0. The predicted molar refractivity (Wildman–Crippen MR) is 29.7 cm³/mol. The predicted octanol–water partition coefficient (Wildman–Crippen LogP) is 0.668. The summed E-state index contributed by atoms with van der Waals surface area (Å²) in [5.74, 6) is 0. The van der Waals surface area contributed by atoms with Crippen LogP contribution in [0.15, 0.2) is 24.3 Å². The van der Waals surface area contributed by atoms with Crippen LogP contribution in [0.1, 0.15) is 0 Å². The van der Waals surface area contributed by atoms with Crippen molar-refractivity contribution in [2.45, 2.75) is 0 Å². The molecular weight excluding hydrogens is 83.0 g/mol. The summed E-state index contributed by atoms with van der Waals surface area (Å²) in [4.78, 5) is 0. The van der Waals surface area contributed by atoms with Gasteiger partial charge in [0.25, 0.3) is 0 Å². The van der Waals surface area contributed by atoms with Gasteiger partial charge in [-0.05, 0) is 0 Å². The summed E-state index contributed by atoms with van der Waals surface area (Å²) < 4.78 is 0. The van der Waals surface area contributed by atoms with E-state index in [4.69, 9.17) is 0 Å². The van der Waals surface area contributed by atoms with Gasteiger partial charge < -0.3 is 0 Å². The van der Waals surface area contributed by atoms with Crippen LogP contribution in [0.3, 0.4) is 0 Å². The van der Waals surface area contributed by atoms with Crippen LogP contribution >= 0.6 is 0 Å². The van der Waals surface area contributed by atoms with Crippen LogP contribution in [0.5, 0.6) is 0 Å². The van der Waals surface area contributed by atoms with Crippen molar-refractivity contribution in [3.63, 3.8) is 0 Å². The molecule has 1 aliphatic carbocycles. The summed E-state index contributed by atoms with van der Waals surface area (Å²) in [7, 11) is 0. The Labute approximate surface area is 60.2 Å². The van der Waals surface area contributed by atoms with Gasteiger partial charge in [0.1, 0.15) is 0 Å². The average Bonchev–Trinajstić information content (AvgIpc) is 1.76. The minimum atomic E-state index is 0. The van der Waals surface area contributed by atoms with E-state index in [1.165, 1.54) is 0 Å². The number of hydrogen-bond donors (Lipinski definition) is 0. The SMILES string of the molecule is [CH]1C=CC=C1.[NaH]. The van der Waals surface area contributed by atoms with E-state index in [1.807, 2.05) is 30.7 Å². The number of rotatable bonds is 0. The van der Waals surface area contributed by atoms with Crippen molar-refractivity contribution < 1.29 is 0 Å². The fourth-order valence-electron chi connectivity index (χ4n) is 0.321. The summed E-state index contributed by atoms with van der Waals surface area (Å²) in [5, 5.41) is 0. The quantitative estimate of drug-likeness (QED) is 0.382. The Balaban J connectivity index is 0.000000250. The summed E-state index contributed by atoms with van der Waals surface area (Å²) in [6, 6.07) is 0. The molecule has 6 heavy (non-hydrogen) atoms. The Morgan fingerprint density at radius 2 is 1.17 bits per heavy atom. The topological polar surface area (TPSA) is 0 Å². The molecule has 0 aromatic carbocycles. The van der Waals surface area contributed by atoms with Crippen LogP contribution in [-0.4, -0.2) is 29.6 Å². The second-order valence-corrected chi connectivity index (χ2v) is 0.962. The van der Waals surface area contributed by atoms with E-state index >= 15 is 0 Å². The van der Waals surface area contributed by atoms with Crippen LogP contribution in [0.4, 0.5) is 0 Å². The number of allylic oxidation sites excluding steroid dienone is 4. The third-order valence-corrected chi connectivity index (χ3v) is 0.556. The molecule has 0 aromatic heterocycles. The molecule has 27 valence electrons. The van der Waals surface area contributed by atoms with Crippen LogP contribution in [0, 0.1) is 6.42 Å². The van der Waals surface area contributed by atoms with Gasteiger partial charge in [-0.25, -0.2) is 0 Å². The summed E-state index contributed by atoms with van der Waals surface area (Å²) in [6.07, 6.45) is 10.0. The monoisotopic (exact) mass is 89.0 g/mol. The van der Waals surface area contributed by atoms with Crippen LogP contribution in [0.2, 0.25) is 0 Å². The zero-order valence-electron chi connectivity index (χ0n) is 2.89.